The molecule has 0 radical (unpaired) electrons. The Balaban J connectivity index is 2.55. The van der Waals surface area contributed by atoms with E-state index in [4.69, 9.17) is 15.6 Å². The maximum absolute atomic E-state index is 11.5. The van der Waals surface area contributed by atoms with Crippen LogP contribution in [0.2, 0.25) is 0 Å². The second kappa shape index (κ2) is 7.10. The Morgan fingerprint density at radius 1 is 1.53 bits per heavy atom. The van der Waals surface area contributed by atoms with Gasteiger partial charge in [0.05, 0.1) is 24.0 Å². The summed E-state index contributed by atoms with van der Waals surface area (Å²) in [4.78, 5) is 21.9. The number of methoxy groups -OCH3 is 1. The van der Waals surface area contributed by atoms with Gasteiger partial charge in [0, 0.05) is 6.54 Å². The highest BCUT2D eigenvalue weighted by Crippen LogP contribution is 2.25. The molecule has 0 saturated heterocycles. The molecule has 1 aromatic rings. The highest BCUT2D eigenvalue weighted by Gasteiger charge is 2.16. The number of benzene rings is 1. The van der Waals surface area contributed by atoms with Gasteiger partial charge in [0.15, 0.2) is 0 Å². The predicted octanol–water partition coefficient (Wildman–Crippen LogP) is 0.876. The van der Waals surface area contributed by atoms with Gasteiger partial charge in [-0.15, -0.1) is 0 Å². The van der Waals surface area contributed by atoms with Crippen LogP contribution in [-0.2, 0) is 16.1 Å². The first-order valence-electron chi connectivity index (χ1n) is 5.51. The molecule has 0 aromatic heterocycles. The lowest BCUT2D eigenvalue weighted by atomic mass is 10.2. The molecule has 1 unspecified atom stereocenters. The van der Waals surface area contributed by atoms with Crippen molar-refractivity contribution in [3.05, 3.63) is 28.2 Å². The lowest BCUT2D eigenvalue weighted by Gasteiger charge is -2.11. The standard InChI is InChI=1S/C12H15BrN2O4/c1-19-10-3-2-7(4-8(10)13)6-15-12(18)9(14)5-11(16)17/h2-4,9H,5-6,14H2,1H3,(H,15,18)(H,16,17). The second-order valence-corrected chi connectivity index (χ2v) is 4.75. The lowest BCUT2D eigenvalue weighted by Crippen LogP contribution is -2.41. The summed E-state index contributed by atoms with van der Waals surface area (Å²) in [5, 5.41) is 11.1. The van der Waals surface area contributed by atoms with Gasteiger partial charge < -0.3 is 20.9 Å². The van der Waals surface area contributed by atoms with Crippen LogP contribution in [0.3, 0.4) is 0 Å². The summed E-state index contributed by atoms with van der Waals surface area (Å²) in [6.07, 6.45) is -0.391. The third kappa shape index (κ3) is 4.88. The van der Waals surface area contributed by atoms with Crippen LogP contribution < -0.4 is 15.8 Å². The summed E-state index contributed by atoms with van der Waals surface area (Å²) in [6, 6.07) is 4.33. The van der Waals surface area contributed by atoms with Crippen LogP contribution in [0.5, 0.6) is 5.75 Å². The molecule has 1 aromatic carbocycles. The smallest absolute Gasteiger partial charge is 0.305 e. The Bertz CT molecular complexity index is 479. The summed E-state index contributed by atoms with van der Waals surface area (Å²) in [6.45, 7) is 0.273. The molecule has 0 heterocycles. The van der Waals surface area contributed by atoms with E-state index < -0.39 is 24.3 Å². The van der Waals surface area contributed by atoms with E-state index in [1.807, 2.05) is 6.07 Å². The summed E-state index contributed by atoms with van der Waals surface area (Å²) in [5.41, 5.74) is 6.29. The molecule has 1 rings (SSSR count). The molecule has 0 aliphatic heterocycles. The maximum Gasteiger partial charge on any atom is 0.305 e. The van der Waals surface area contributed by atoms with Crippen LogP contribution >= 0.6 is 15.9 Å². The Labute approximate surface area is 119 Å². The minimum Gasteiger partial charge on any atom is -0.496 e. The van der Waals surface area contributed by atoms with Crippen molar-refractivity contribution in [2.75, 3.05) is 7.11 Å². The molecule has 6 nitrogen and oxygen atoms in total. The molecule has 0 aliphatic carbocycles. The van der Waals surface area contributed by atoms with Gasteiger partial charge in [-0.1, -0.05) is 6.07 Å². The van der Waals surface area contributed by atoms with Crippen molar-refractivity contribution < 1.29 is 19.4 Å². The average Bonchev–Trinajstić information content (AvgIpc) is 2.35. The summed E-state index contributed by atoms with van der Waals surface area (Å²) >= 11 is 3.34. The van der Waals surface area contributed by atoms with E-state index in [0.717, 1.165) is 10.0 Å². The highest BCUT2D eigenvalue weighted by molar-refractivity contribution is 9.10. The van der Waals surface area contributed by atoms with Gasteiger partial charge in [-0.3, -0.25) is 9.59 Å². The SMILES string of the molecule is COc1ccc(CNC(=O)C(N)CC(=O)O)cc1Br. The fraction of sp³-hybridized carbons (Fsp3) is 0.333. The number of aliphatic carboxylic acids is 1. The van der Waals surface area contributed by atoms with Crippen molar-refractivity contribution in [3.8, 4) is 5.75 Å². The first kappa shape index (κ1) is 15.5. The quantitative estimate of drug-likeness (QED) is 0.718. The predicted molar refractivity (Wildman–Crippen MR) is 72.8 cm³/mol. The van der Waals surface area contributed by atoms with E-state index in [2.05, 4.69) is 21.2 Å². The minimum absolute atomic E-state index is 0.273. The second-order valence-electron chi connectivity index (χ2n) is 3.89. The fourth-order valence-corrected chi connectivity index (χ4v) is 2.01. The van der Waals surface area contributed by atoms with E-state index in [1.165, 1.54) is 0 Å². The largest absolute Gasteiger partial charge is 0.496 e. The summed E-state index contributed by atoms with van der Waals surface area (Å²) in [5.74, 6) is -0.901. The Hall–Kier alpha value is -1.60. The topological polar surface area (TPSA) is 102 Å². The molecular formula is C12H15BrN2O4. The van der Waals surface area contributed by atoms with Gasteiger partial charge in [-0.05, 0) is 33.6 Å². The van der Waals surface area contributed by atoms with Crippen molar-refractivity contribution in [1.82, 2.24) is 5.32 Å². The zero-order valence-electron chi connectivity index (χ0n) is 10.4. The number of hydrogen-bond donors (Lipinski definition) is 3. The molecule has 1 atom stereocenters. The number of nitrogens with two attached hydrogens (primary N) is 1. The Morgan fingerprint density at radius 3 is 2.74 bits per heavy atom. The zero-order chi connectivity index (χ0) is 14.4. The van der Waals surface area contributed by atoms with Crippen LogP contribution in [0.25, 0.3) is 0 Å². The van der Waals surface area contributed by atoms with Crippen LogP contribution in [0.15, 0.2) is 22.7 Å². The molecule has 7 heteroatoms. The molecule has 0 aliphatic rings. The van der Waals surface area contributed by atoms with E-state index in [-0.39, 0.29) is 6.54 Å². The van der Waals surface area contributed by atoms with Crippen molar-refractivity contribution in [3.63, 3.8) is 0 Å². The number of amides is 1. The van der Waals surface area contributed by atoms with Gasteiger partial charge in [-0.25, -0.2) is 0 Å². The molecule has 104 valence electrons. The van der Waals surface area contributed by atoms with Crippen LogP contribution in [0.1, 0.15) is 12.0 Å². The van der Waals surface area contributed by atoms with Gasteiger partial charge in [0.1, 0.15) is 5.75 Å². The highest BCUT2D eigenvalue weighted by atomic mass is 79.9. The molecule has 19 heavy (non-hydrogen) atoms. The summed E-state index contributed by atoms with van der Waals surface area (Å²) in [7, 11) is 1.56. The number of rotatable bonds is 6. The molecule has 0 spiro atoms. The molecule has 4 N–H and O–H groups in total. The number of nitrogens with one attached hydrogen (secondary N) is 1. The fourth-order valence-electron chi connectivity index (χ4n) is 1.42. The van der Waals surface area contributed by atoms with Gasteiger partial charge in [-0.2, -0.15) is 0 Å². The lowest BCUT2D eigenvalue weighted by molar-refractivity contribution is -0.139. The zero-order valence-corrected chi connectivity index (χ0v) is 11.9. The molecule has 0 saturated carbocycles. The van der Waals surface area contributed by atoms with Crippen molar-refractivity contribution >= 4 is 27.8 Å². The van der Waals surface area contributed by atoms with Crippen molar-refractivity contribution in [2.45, 2.75) is 19.0 Å². The minimum atomic E-state index is -1.10. The van der Waals surface area contributed by atoms with Gasteiger partial charge in [0.25, 0.3) is 0 Å². The molecule has 0 bridgehead atoms. The van der Waals surface area contributed by atoms with Crippen LogP contribution in [-0.4, -0.2) is 30.1 Å². The average molecular weight is 331 g/mol. The number of halogens is 1. The Kier molecular flexibility index (Phi) is 5.78. The van der Waals surface area contributed by atoms with Crippen molar-refractivity contribution in [2.24, 2.45) is 5.73 Å². The third-order valence-corrected chi connectivity index (χ3v) is 3.03. The number of carboxylic acids is 1. The normalized spacial score (nSPS) is 11.7. The van der Waals surface area contributed by atoms with E-state index >= 15 is 0 Å². The Morgan fingerprint density at radius 2 is 2.21 bits per heavy atom. The first-order valence-corrected chi connectivity index (χ1v) is 6.31. The van der Waals surface area contributed by atoms with E-state index in [9.17, 15) is 9.59 Å². The van der Waals surface area contributed by atoms with E-state index in [0.29, 0.717) is 5.75 Å². The van der Waals surface area contributed by atoms with Crippen LogP contribution in [0.4, 0.5) is 0 Å². The number of hydrogen-bond acceptors (Lipinski definition) is 4. The molecule has 1 amide bonds. The molecule has 0 fully saturated rings. The van der Waals surface area contributed by atoms with Crippen LogP contribution in [0, 0.1) is 0 Å². The number of carboxylic acid groups (broad SMARTS) is 1. The summed E-state index contributed by atoms with van der Waals surface area (Å²) < 4.78 is 5.86. The van der Waals surface area contributed by atoms with Crippen molar-refractivity contribution in [1.29, 1.82) is 0 Å². The number of carbonyl (C=O) groups is 2. The third-order valence-electron chi connectivity index (χ3n) is 2.41. The maximum atomic E-state index is 11.5. The van der Waals surface area contributed by atoms with E-state index in [1.54, 1.807) is 19.2 Å². The van der Waals surface area contributed by atoms with Gasteiger partial charge >= 0.3 is 5.97 Å². The first-order chi connectivity index (χ1) is 8.93. The monoisotopic (exact) mass is 330 g/mol. The number of carbonyl (C=O) groups excluding carboxylic acids is 1. The number of ether oxygens (including phenoxy) is 1. The van der Waals surface area contributed by atoms with Gasteiger partial charge in [0.2, 0.25) is 5.91 Å². The molecular weight excluding hydrogens is 316 g/mol.